The SMILES string of the molecule is O=Cc1cccc(C(=O)c2ccc3c(c2O)N=N3)c1O. The van der Waals surface area contributed by atoms with Crippen LogP contribution in [0.3, 0.4) is 0 Å². The molecule has 0 amide bonds. The molecule has 2 aromatic carbocycles. The number of para-hydroxylation sites is 1. The Labute approximate surface area is 113 Å². The number of aromatic hydroxyl groups is 2. The minimum absolute atomic E-state index is 0.000693. The fourth-order valence-corrected chi connectivity index (χ4v) is 1.98. The van der Waals surface area contributed by atoms with E-state index in [0.717, 1.165) is 0 Å². The van der Waals surface area contributed by atoms with E-state index < -0.39 is 11.5 Å². The van der Waals surface area contributed by atoms with E-state index in [-0.39, 0.29) is 28.1 Å². The second-order valence-electron chi connectivity index (χ2n) is 4.22. The van der Waals surface area contributed by atoms with Crippen LogP contribution in [0.1, 0.15) is 26.3 Å². The van der Waals surface area contributed by atoms with Gasteiger partial charge in [-0.25, -0.2) is 0 Å². The molecule has 2 aromatic rings. The molecule has 1 aliphatic rings. The topological polar surface area (TPSA) is 99.3 Å². The first kappa shape index (κ1) is 12.0. The number of hydrogen-bond donors (Lipinski definition) is 2. The molecule has 0 saturated carbocycles. The van der Waals surface area contributed by atoms with Gasteiger partial charge in [-0.1, -0.05) is 6.07 Å². The summed E-state index contributed by atoms with van der Waals surface area (Å²) in [6.45, 7) is 0. The average molecular weight is 268 g/mol. The number of fused-ring (bicyclic) bond motifs is 1. The van der Waals surface area contributed by atoms with Crippen LogP contribution in [0, 0.1) is 0 Å². The number of hydrogen-bond acceptors (Lipinski definition) is 6. The van der Waals surface area contributed by atoms with Crippen LogP contribution >= 0.6 is 0 Å². The summed E-state index contributed by atoms with van der Waals surface area (Å²) in [5.74, 6) is -1.27. The van der Waals surface area contributed by atoms with Gasteiger partial charge in [0.05, 0.1) is 16.7 Å². The quantitative estimate of drug-likeness (QED) is 0.563. The van der Waals surface area contributed by atoms with Gasteiger partial charge in [0.25, 0.3) is 0 Å². The lowest BCUT2D eigenvalue weighted by Crippen LogP contribution is -2.04. The lowest BCUT2D eigenvalue weighted by Gasteiger charge is -2.12. The Kier molecular flexibility index (Phi) is 2.57. The van der Waals surface area contributed by atoms with Gasteiger partial charge in [0.1, 0.15) is 11.4 Å². The Bertz CT molecular complexity index is 762. The van der Waals surface area contributed by atoms with E-state index in [0.29, 0.717) is 12.0 Å². The number of ketones is 1. The zero-order valence-corrected chi connectivity index (χ0v) is 10.1. The molecule has 0 saturated heterocycles. The molecule has 0 aromatic heterocycles. The summed E-state index contributed by atoms with van der Waals surface area (Å²) < 4.78 is 0. The first-order valence-corrected chi connectivity index (χ1v) is 5.73. The Hall–Kier alpha value is -3.02. The minimum atomic E-state index is -0.589. The van der Waals surface area contributed by atoms with Crippen molar-refractivity contribution in [1.82, 2.24) is 0 Å². The third-order valence-electron chi connectivity index (χ3n) is 3.07. The molecule has 98 valence electrons. The van der Waals surface area contributed by atoms with Crippen LogP contribution < -0.4 is 0 Å². The molecule has 3 rings (SSSR count). The normalized spacial score (nSPS) is 11.6. The Morgan fingerprint density at radius 1 is 1.00 bits per heavy atom. The zero-order valence-electron chi connectivity index (χ0n) is 10.1. The molecular weight excluding hydrogens is 260 g/mol. The summed E-state index contributed by atoms with van der Waals surface area (Å²) in [5.41, 5.74) is 0.715. The number of carbonyl (C=O) groups is 2. The minimum Gasteiger partial charge on any atom is -0.506 e. The molecule has 0 bridgehead atoms. The molecule has 1 aliphatic heterocycles. The summed E-state index contributed by atoms with van der Waals surface area (Å²) in [6, 6.07) is 7.21. The molecule has 0 spiro atoms. The third-order valence-corrected chi connectivity index (χ3v) is 3.07. The molecule has 20 heavy (non-hydrogen) atoms. The molecular formula is C14H8N2O4. The number of phenols is 2. The highest BCUT2D eigenvalue weighted by molar-refractivity contribution is 6.14. The molecule has 0 atom stereocenters. The van der Waals surface area contributed by atoms with E-state index in [1.165, 1.54) is 24.3 Å². The van der Waals surface area contributed by atoms with Crippen LogP contribution in [0.15, 0.2) is 40.6 Å². The molecule has 1 heterocycles. The number of rotatable bonds is 3. The van der Waals surface area contributed by atoms with Gasteiger partial charge in [-0.2, -0.15) is 0 Å². The van der Waals surface area contributed by atoms with Crippen molar-refractivity contribution in [2.75, 3.05) is 0 Å². The van der Waals surface area contributed by atoms with Crippen LogP contribution in [-0.2, 0) is 0 Å². The fraction of sp³-hybridized carbons (Fsp3) is 0. The molecule has 0 fully saturated rings. The standard InChI is InChI=1S/C14H8N2O4/c17-6-7-2-1-3-8(12(7)18)13(19)9-4-5-10-11(14(9)20)16-15-10/h1-6,18,20H. The summed E-state index contributed by atoms with van der Waals surface area (Å²) in [4.78, 5) is 23.1. The Morgan fingerprint density at radius 3 is 2.40 bits per heavy atom. The summed E-state index contributed by atoms with van der Waals surface area (Å²) in [6.07, 6.45) is 0.456. The van der Waals surface area contributed by atoms with Gasteiger partial charge < -0.3 is 10.2 Å². The van der Waals surface area contributed by atoms with Gasteiger partial charge in [0.2, 0.25) is 5.78 Å². The van der Waals surface area contributed by atoms with Gasteiger partial charge >= 0.3 is 0 Å². The van der Waals surface area contributed by atoms with Crippen LogP contribution in [-0.4, -0.2) is 22.3 Å². The third kappa shape index (κ3) is 1.58. The zero-order chi connectivity index (χ0) is 14.3. The maximum Gasteiger partial charge on any atom is 0.200 e. The van der Waals surface area contributed by atoms with Crippen molar-refractivity contribution < 1.29 is 19.8 Å². The van der Waals surface area contributed by atoms with E-state index in [9.17, 15) is 19.8 Å². The second kappa shape index (κ2) is 4.27. The van der Waals surface area contributed by atoms with E-state index in [1.54, 1.807) is 6.07 Å². The van der Waals surface area contributed by atoms with Crippen LogP contribution in [0.4, 0.5) is 11.4 Å². The van der Waals surface area contributed by atoms with Crippen LogP contribution in [0.2, 0.25) is 0 Å². The number of aldehydes is 1. The van der Waals surface area contributed by atoms with E-state index in [4.69, 9.17) is 0 Å². The molecule has 0 aliphatic carbocycles. The molecule has 2 N–H and O–H groups in total. The maximum absolute atomic E-state index is 12.3. The smallest absolute Gasteiger partial charge is 0.200 e. The van der Waals surface area contributed by atoms with E-state index in [1.807, 2.05) is 0 Å². The largest absolute Gasteiger partial charge is 0.506 e. The highest BCUT2D eigenvalue weighted by atomic mass is 16.3. The lowest BCUT2D eigenvalue weighted by atomic mass is 9.98. The number of benzene rings is 2. The Morgan fingerprint density at radius 2 is 1.75 bits per heavy atom. The highest BCUT2D eigenvalue weighted by Crippen LogP contribution is 2.47. The first-order valence-electron chi connectivity index (χ1n) is 5.73. The fourth-order valence-electron chi connectivity index (χ4n) is 1.98. The molecule has 0 unspecified atom stereocenters. The van der Waals surface area contributed by atoms with Gasteiger partial charge in [0.15, 0.2) is 17.7 Å². The Balaban J connectivity index is 2.11. The van der Waals surface area contributed by atoms with Crippen LogP contribution in [0.25, 0.3) is 0 Å². The molecule has 6 heteroatoms. The van der Waals surface area contributed by atoms with Gasteiger partial charge in [-0.3, -0.25) is 9.59 Å². The number of phenolic OH excluding ortho intramolecular Hbond substituents is 2. The summed E-state index contributed by atoms with van der Waals surface area (Å²) >= 11 is 0. The van der Waals surface area contributed by atoms with E-state index >= 15 is 0 Å². The van der Waals surface area contributed by atoms with Crippen molar-refractivity contribution in [3.05, 3.63) is 47.0 Å². The van der Waals surface area contributed by atoms with E-state index in [2.05, 4.69) is 10.2 Å². The molecule has 0 radical (unpaired) electrons. The lowest BCUT2D eigenvalue weighted by molar-refractivity contribution is 0.103. The number of nitrogens with zero attached hydrogens (tertiary/aromatic N) is 2. The van der Waals surface area contributed by atoms with Crippen molar-refractivity contribution in [1.29, 1.82) is 0 Å². The maximum atomic E-state index is 12.3. The first-order chi connectivity index (χ1) is 9.63. The highest BCUT2D eigenvalue weighted by Gasteiger charge is 2.24. The van der Waals surface area contributed by atoms with Gasteiger partial charge in [-0.05, 0) is 24.3 Å². The van der Waals surface area contributed by atoms with Crippen molar-refractivity contribution in [3.8, 4) is 11.5 Å². The van der Waals surface area contributed by atoms with Gasteiger partial charge in [-0.15, -0.1) is 10.2 Å². The van der Waals surface area contributed by atoms with Crippen molar-refractivity contribution in [2.45, 2.75) is 0 Å². The van der Waals surface area contributed by atoms with Crippen molar-refractivity contribution in [3.63, 3.8) is 0 Å². The average Bonchev–Trinajstić information content (AvgIpc) is 2.40. The number of azo groups is 1. The summed E-state index contributed by atoms with van der Waals surface area (Å²) in [7, 11) is 0. The van der Waals surface area contributed by atoms with Gasteiger partial charge in [0, 0.05) is 0 Å². The summed E-state index contributed by atoms with van der Waals surface area (Å²) in [5, 5.41) is 27.1. The molecule has 6 nitrogen and oxygen atoms in total. The van der Waals surface area contributed by atoms with Crippen molar-refractivity contribution in [2.24, 2.45) is 10.2 Å². The van der Waals surface area contributed by atoms with Crippen LogP contribution in [0.5, 0.6) is 11.5 Å². The number of carbonyl (C=O) groups excluding carboxylic acids is 2. The predicted molar refractivity (Wildman–Crippen MR) is 69.2 cm³/mol. The second-order valence-corrected chi connectivity index (χ2v) is 4.22. The predicted octanol–water partition coefficient (Wildman–Crippen LogP) is 2.87. The van der Waals surface area contributed by atoms with Crippen molar-refractivity contribution >= 4 is 23.4 Å². The monoisotopic (exact) mass is 268 g/mol.